The van der Waals surface area contributed by atoms with Gasteiger partial charge < -0.3 is 0 Å². The van der Waals surface area contributed by atoms with Gasteiger partial charge in [0.2, 0.25) is 10.0 Å². The second-order valence-electron chi connectivity index (χ2n) is 5.59. The molecule has 0 aromatic carbocycles. The molecule has 0 radical (unpaired) electrons. The summed E-state index contributed by atoms with van der Waals surface area (Å²) < 4.78 is 40.2. The maximum Gasteiger partial charge on any atom is 0.242 e. The summed E-state index contributed by atoms with van der Waals surface area (Å²) in [4.78, 5) is 5.67. The molecule has 0 bridgehead atoms. The van der Waals surface area contributed by atoms with E-state index in [1.165, 1.54) is 0 Å². The van der Waals surface area contributed by atoms with E-state index < -0.39 is 15.8 Å². The van der Waals surface area contributed by atoms with Crippen molar-refractivity contribution in [1.82, 2.24) is 14.6 Å². The summed E-state index contributed by atoms with van der Waals surface area (Å²) in [6.45, 7) is 7.70. The van der Waals surface area contributed by atoms with Crippen molar-refractivity contribution in [2.75, 3.05) is 13.1 Å². The molecule has 2 atom stereocenters. The minimum absolute atomic E-state index is 0.132. The van der Waals surface area contributed by atoms with E-state index in [9.17, 15) is 12.8 Å². The second-order valence-corrected chi connectivity index (χ2v) is 7.31. The molecular weight excluding hydrogens is 281 g/mol. The topological polar surface area (TPSA) is 62.3 Å². The minimum atomic E-state index is -3.73. The predicted octanol–water partition coefficient (Wildman–Crippen LogP) is 1.23. The maximum atomic E-state index is 13.1. The van der Waals surface area contributed by atoms with E-state index >= 15 is 0 Å². The van der Waals surface area contributed by atoms with Gasteiger partial charge in [0.05, 0.1) is 6.20 Å². The molecule has 1 aliphatic rings. The summed E-state index contributed by atoms with van der Waals surface area (Å²) >= 11 is 0. The van der Waals surface area contributed by atoms with Crippen LogP contribution in [-0.4, -0.2) is 43.5 Å². The average Bonchev–Trinajstić information content (AvgIpc) is 2.70. The summed E-state index contributed by atoms with van der Waals surface area (Å²) in [5, 5.41) is 0. The molecule has 0 saturated carbocycles. The van der Waals surface area contributed by atoms with Crippen molar-refractivity contribution in [3.63, 3.8) is 0 Å². The largest absolute Gasteiger partial charge is 0.299 e. The van der Waals surface area contributed by atoms with Gasteiger partial charge in [0, 0.05) is 31.4 Å². The Morgan fingerprint density at radius 1 is 1.40 bits per heavy atom. The monoisotopic (exact) mass is 301 g/mol. The summed E-state index contributed by atoms with van der Waals surface area (Å²) in [7, 11) is -3.73. The Morgan fingerprint density at radius 2 is 2.10 bits per heavy atom. The van der Waals surface area contributed by atoms with Crippen LogP contribution in [0.2, 0.25) is 0 Å². The van der Waals surface area contributed by atoms with E-state index in [1.807, 2.05) is 6.92 Å². The van der Waals surface area contributed by atoms with Gasteiger partial charge in [0.1, 0.15) is 10.7 Å². The maximum absolute atomic E-state index is 13.1. The fourth-order valence-corrected chi connectivity index (χ4v) is 3.69. The van der Waals surface area contributed by atoms with Gasteiger partial charge in [-0.25, -0.2) is 17.5 Å². The first-order valence-electron chi connectivity index (χ1n) is 6.66. The third-order valence-electron chi connectivity index (χ3n) is 3.67. The van der Waals surface area contributed by atoms with Crippen LogP contribution in [0.25, 0.3) is 0 Å². The molecular formula is C13H20FN3O2S. The Labute approximate surface area is 119 Å². The molecule has 1 aromatic rings. The highest BCUT2D eigenvalue weighted by atomic mass is 32.2. The van der Waals surface area contributed by atoms with Gasteiger partial charge in [-0.1, -0.05) is 6.92 Å². The highest BCUT2D eigenvalue weighted by Gasteiger charge is 2.34. The van der Waals surface area contributed by atoms with Gasteiger partial charge in [-0.3, -0.25) is 9.88 Å². The number of nitrogens with zero attached hydrogens (tertiary/aromatic N) is 2. The quantitative estimate of drug-likeness (QED) is 0.908. The lowest BCUT2D eigenvalue weighted by molar-refractivity contribution is 0.265. The molecule has 5 nitrogen and oxygen atoms in total. The number of rotatable bonds is 4. The van der Waals surface area contributed by atoms with Crippen molar-refractivity contribution in [3.8, 4) is 0 Å². The molecule has 0 aliphatic carbocycles. The fourth-order valence-electron chi connectivity index (χ4n) is 2.39. The Kier molecular flexibility index (Phi) is 4.41. The zero-order chi connectivity index (χ0) is 14.9. The van der Waals surface area contributed by atoms with Crippen molar-refractivity contribution in [2.24, 2.45) is 5.92 Å². The Hall–Kier alpha value is -1.05. The minimum Gasteiger partial charge on any atom is -0.299 e. The van der Waals surface area contributed by atoms with Crippen LogP contribution in [0.3, 0.4) is 0 Å². The van der Waals surface area contributed by atoms with Gasteiger partial charge in [-0.15, -0.1) is 0 Å². The van der Waals surface area contributed by atoms with Gasteiger partial charge in [-0.2, -0.15) is 0 Å². The van der Waals surface area contributed by atoms with E-state index in [1.54, 1.807) is 0 Å². The number of likely N-dealkylation sites (tertiary alicyclic amines) is 1. The zero-order valence-corrected chi connectivity index (χ0v) is 12.7. The zero-order valence-electron chi connectivity index (χ0n) is 11.9. The van der Waals surface area contributed by atoms with Gasteiger partial charge in [0.15, 0.2) is 0 Å². The van der Waals surface area contributed by atoms with Crippen molar-refractivity contribution in [2.45, 2.75) is 37.8 Å². The van der Waals surface area contributed by atoms with Crippen molar-refractivity contribution in [3.05, 3.63) is 24.3 Å². The Balaban J connectivity index is 2.13. The Morgan fingerprint density at radius 3 is 2.65 bits per heavy atom. The number of hydrogen-bond donors (Lipinski definition) is 1. The number of hydrogen-bond acceptors (Lipinski definition) is 4. The lowest BCUT2D eigenvalue weighted by Crippen LogP contribution is -2.40. The first-order valence-corrected chi connectivity index (χ1v) is 8.15. The molecule has 1 N–H and O–H groups in total. The molecule has 0 spiro atoms. The highest BCUT2D eigenvalue weighted by molar-refractivity contribution is 7.89. The predicted molar refractivity (Wildman–Crippen MR) is 74.2 cm³/mol. The summed E-state index contributed by atoms with van der Waals surface area (Å²) in [5.74, 6) is -0.440. The van der Waals surface area contributed by atoms with Crippen LogP contribution in [0, 0.1) is 11.7 Å². The van der Waals surface area contributed by atoms with Crippen LogP contribution in [0.5, 0.6) is 0 Å². The molecule has 2 heterocycles. The van der Waals surface area contributed by atoms with E-state index in [0.717, 1.165) is 25.0 Å². The van der Waals surface area contributed by atoms with E-state index in [-0.39, 0.29) is 16.9 Å². The molecule has 20 heavy (non-hydrogen) atoms. The van der Waals surface area contributed by atoms with Crippen molar-refractivity contribution in [1.29, 1.82) is 0 Å². The SMILES string of the molecule is CC1CN(C(C)C)CC1NS(=O)(=O)c1cncc(F)c1. The average molecular weight is 301 g/mol. The van der Waals surface area contributed by atoms with E-state index in [0.29, 0.717) is 12.6 Å². The molecule has 1 saturated heterocycles. The van der Waals surface area contributed by atoms with Gasteiger partial charge in [-0.05, 0) is 25.8 Å². The van der Waals surface area contributed by atoms with Gasteiger partial charge >= 0.3 is 0 Å². The van der Waals surface area contributed by atoms with Crippen LogP contribution in [0.4, 0.5) is 4.39 Å². The number of nitrogens with one attached hydrogen (secondary N) is 1. The van der Waals surface area contributed by atoms with Crippen molar-refractivity contribution < 1.29 is 12.8 Å². The molecule has 0 amide bonds. The van der Waals surface area contributed by atoms with Crippen LogP contribution < -0.4 is 4.72 Å². The number of sulfonamides is 1. The summed E-state index contributed by atoms with van der Waals surface area (Å²) in [6.07, 6.45) is 2.14. The van der Waals surface area contributed by atoms with Crippen LogP contribution in [0.15, 0.2) is 23.4 Å². The van der Waals surface area contributed by atoms with E-state index in [4.69, 9.17) is 0 Å². The number of aromatic nitrogens is 1. The molecule has 2 unspecified atom stereocenters. The summed E-state index contributed by atoms with van der Waals surface area (Å²) in [6, 6.07) is 1.20. The first-order chi connectivity index (χ1) is 9.29. The van der Waals surface area contributed by atoms with Crippen LogP contribution >= 0.6 is 0 Å². The standard InChI is InChI=1S/C13H20FN3O2S/c1-9(2)17-7-10(3)13(8-17)16-20(18,19)12-4-11(14)5-15-6-12/h4-6,9-10,13,16H,7-8H2,1-3H3. The molecule has 1 fully saturated rings. The lowest BCUT2D eigenvalue weighted by Gasteiger charge is -2.20. The second kappa shape index (κ2) is 5.75. The van der Waals surface area contributed by atoms with E-state index in [2.05, 4.69) is 28.5 Å². The van der Waals surface area contributed by atoms with Crippen molar-refractivity contribution >= 4 is 10.0 Å². The highest BCUT2D eigenvalue weighted by Crippen LogP contribution is 2.20. The number of pyridine rings is 1. The molecule has 2 rings (SSSR count). The summed E-state index contributed by atoms with van der Waals surface area (Å²) in [5.41, 5.74) is 0. The molecule has 1 aliphatic heterocycles. The molecule has 7 heteroatoms. The third kappa shape index (κ3) is 3.34. The van der Waals surface area contributed by atoms with Crippen LogP contribution in [-0.2, 0) is 10.0 Å². The van der Waals surface area contributed by atoms with Crippen LogP contribution in [0.1, 0.15) is 20.8 Å². The number of halogens is 1. The van der Waals surface area contributed by atoms with Gasteiger partial charge in [0.25, 0.3) is 0 Å². The lowest BCUT2D eigenvalue weighted by atomic mass is 10.1. The Bertz CT molecular complexity index is 577. The molecule has 1 aromatic heterocycles. The molecule has 112 valence electrons. The normalized spacial score (nSPS) is 24.4. The fraction of sp³-hybridized carbons (Fsp3) is 0.615. The first kappa shape index (κ1) is 15.3. The smallest absolute Gasteiger partial charge is 0.242 e. The third-order valence-corrected chi connectivity index (χ3v) is 5.12.